The topological polar surface area (TPSA) is 125 Å². The normalized spacial score (nSPS) is 28.1. The summed E-state index contributed by atoms with van der Waals surface area (Å²) in [5.74, 6) is -3.02. The first-order valence-corrected chi connectivity index (χ1v) is 18.3. The van der Waals surface area contributed by atoms with Crippen molar-refractivity contribution < 1.29 is 33.8 Å². The predicted molar refractivity (Wildman–Crippen MR) is 186 cm³/mol. The van der Waals surface area contributed by atoms with Gasteiger partial charge in [-0.05, 0) is 56.9 Å². The van der Waals surface area contributed by atoms with Crippen molar-refractivity contribution in [1.29, 1.82) is 0 Å². The number of nitrogens with zero attached hydrogens (tertiary/aromatic N) is 2. The van der Waals surface area contributed by atoms with Crippen LogP contribution in [0, 0.1) is 17.8 Å². The van der Waals surface area contributed by atoms with Crippen LogP contribution >= 0.6 is 0 Å². The van der Waals surface area contributed by atoms with Gasteiger partial charge < -0.3 is 29.7 Å². The van der Waals surface area contributed by atoms with Gasteiger partial charge >= 0.3 is 5.97 Å². The molecule has 268 valence electrons. The first-order valence-electron chi connectivity index (χ1n) is 18.3. The number of hydrogen-bond donors (Lipinski definition) is 2. The van der Waals surface area contributed by atoms with Gasteiger partial charge in [0.15, 0.2) is 0 Å². The van der Waals surface area contributed by atoms with Crippen LogP contribution in [-0.4, -0.2) is 87.6 Å². The molecule has 4 fully saturated rings. The van der Waals surface area contributed by atoms with E-state index in [4.69, 9.17) is 9.47 Å². The van der Waals surface area contributed by atoms with Gasteiger partial charge in [-0.15, -0.1) is 13.2 Å². The number of ether oxygens (including phenoxy) is 2. The van der Waals surface area contributed by atoms with E-state index in [1.54, 1.807) is 24.0 Å². The molecule has 3 aliphatic heterocycles. The number of nitrogens with one attached hydrogen (secondary N) is 1. The lowest BCUT2D eigenvalue weighted by atomic mass is 9.70. The average molecular weight is 678 g/mol. The Morgan fingerprint density at radius 1 is 1.10 bits per heavy atom. The smallest absolute Gasteiger partial charge is 0.313 e. The van der Waals surface area contributed by atoms with Gasteiger partial charge in [0.1, 0.15) is 17.7 Å². The Hall–Kier alpha value is -3.50. The van der Waals surface area contributed by atoms with Gasteiger partial charge in [-0.3, -0.25) is 19.2 Å². The summed E-state index contributed by atoms with van der Waals surface area (Å²) in [4.78, 5) is 60.1. The lowest BCUT2D eigenvalue weighted by Crippen LogP contribution is -2.60. The third-order valence-electron chi connectivity index (χ3n) is 11.0. The summed E-state index contributed by atoms with van der Waals surface area (Å²) < 4.78 is 13.0. The molecule has 0 radical (unpaired) electrons. The van der Waals surface area contributed by atoms with E-state index in [1.807, 2.05) is 49.1 Å². The first-order chi connectivity index (χ1) is 23.6. The molecule has 1 spiro atoms. The summed E-state index contributed by atoms with van der Waals surface area (Å²) in [5, 5.41) is 13.6. The summed E-state index contributed by atoms with van der Waals surface area (Å²) in [7, 11) is 0. The number of esters is 1. The summed E-state index contributed by atoms with van der Waals surface area (Å²) in [6.45, 7) is 13.5. The Balaban J connectivity index is 1.49. The molecule has 2 bridgehead atoms. The third kappa shape index (κ3) is 7.36. The van der Waals surface area contributed by atoms with E-state index in [-0.39, 0.29) is 42.7 Å². The zero-order chi connectivity index (χ0) is 35.3. The summed E-state index contributed by atoms with van der Waals surface area (Å²) in [6.07, 6.45) is 9.19. The van der Waals surface area contributed by atoms with Gasteiger partial charge in [0.2, 0.25) is 17.7 Å². The fraction of sp³-hybridized carbons (Fsp3) is 0.641. The van der Waals surface area contributed by atoms with E-state index in [2.05, 4.69) is 18.5 Å². The second-order valence-corrected chi connectivity index (χ2v) is 14.8. The molecule has 3 heterocycles. The van der Waals surface area contributed by atoms with E-state index < -0.39 is 53.7 Å². The molecule has 8 atom stereocenters. The molecule has 10 nitrogen and oxygen atoms in total. The maximum Gasteiger partial charge on any atom is 0.313 e. The number of carbonyl (C=O) groups excluding carboxylic acids is 4. The van der Waals surface area contributed by atoms with Crippen molar-refractivity contribution in [2.24, 2.45) is 17.8 Å². The fourth-order valence-electron chi connectivity index (χ4n) is 8.90. The van der Waals surface area contributed by atoms with Gasteiger partial charge in [-0.1, -0.05) is 75.6 Å². The minimum atomic E-state index is -1.21. The molecular weight excluding hydrogens is 622 g/mol. The van der Waals surface area contributed by atoms with E-state index in [0.29, 0.717) is 37.8 Å². The highest BCUT2D eigenvalue weighted by molar-refractivity contribution is 5.98. The van der Waals surface area contributed by atoms with Crippen molar-refractivity contribution in [3.05, 3.63) is 61.2 Å². The molecule has 1 aromatic carbocycles. The van der Waals surface area contributed by atoms with E-state index >= 15 is 0 Å². The quantitative estimate of drug-likeness (QED) is 0.189. The summed E-state index contributed by atoms with van der Waals surface area (Å²) in [5.41, 5.74) is -0.503. The number of benzene rings is 1. The number of allylic oxidation sites excluding steroid dienone is 1. The lowest BCUT2D eigenvalue weighted by Gasteiger charge is -2.42. The maximum absolute atomic E-state index is 14.9. The van der Waals surface area contributed by atoms with Crippen molar-refractivity contribution in [2.45, 2.75) is 127 Å². The second-order valence-electron chi connectivity index (χ2n) is 14.8. The van der Waals surface area contributed by atoms with Crippen molar-refractivity contribution in [3.8, 4) is 0 Å². The molecule has 1 saturated carbocycles. The molecule has 3 amide bonds. The minimum absolute atomic E-state index is 0.0264. The van der Waals surface area contributed by atoms with Crippen LogP contribution in [0.4, 0.5) is 0 Å². The highest BCUT2D eigenvalue weighted by atomic mass is 16.6. The lowest BCUT2D eigenvalue weighted by molar-refractivity contribution is -0.163. The molecule has 5 rings (SSSR count). The van der Waals surface area contributed by atoms with Gasteiger partial charge in [0.05, 0.1) is 36.6 Å². The van der Waals surface area contributed by atoms with Gasteiger partial charge in [-0.25, -0.2) is 0 Å². The average Bonchev–Trinajstić information content (AvgIpc) is 3.75. The molecule has 0 aromatic heterocycles. The Morgan fingerprint density at radius 3 is 2.45 bits per heavy atom. The largest absolute Gasteiger partial charge is 0.455 e. The zero-order valence-corrected chi connectivity index (χ0v) is 29.4. The Kier molecular flexibility index (Phi) is 12.0. The number of aliphatic hydroxyl groups is 1. The van der Waals surface area contributed by atoms with Crippen LogP contribution in [0.1, 0.15) is 96.6 Å². The highest BCUT2D eigenvalue weighted by Crippen LogP contribution is 2.59. The Labute approximate surface area is 291 Å². The second kappa shape index (κ2) is 16.0. The predicted octanol–water partition coefficient (Wildman–Crippen LogP) is 4.87. The molecule has 49 heavy (non-hydrogen) atoms. The number of rotatable bonds is 16. The zero-order valence-electron chi connectivity index (χ0n) is 29.4. The number of hydrogen-bond acceptors (Lipinski definition) is 7. The van der Waals surface area contributed by atoms with Crippen molar-refractivity contribution >= 4 is 23.7 Å². The fourth-order valence-corrected chi connectivity index (χ4v) is 8.90. The first kappa shape index (κ1) is 36.8. The Morgan fingerprint density at radius 2 is 1.82 bits per heavy atom. The third-order valence-corrected chi connectivity index (χ3v) is 11.0. The van der Waals surface area contributed by atoms with E-state index in [1.165, 1.54) is 0 Å². The number of amides is 3. The van der Waals surface area contributed by atoms with Crippen LogP contribution in [0.5, 0.6) is 0 Å². The van der Waals surface area contributed by atoms with Crippen molar-refractivity contribution in [3.63, 3.8) is 0 Å². The SMILES string of the molecule is C=CCCC(=O)N[C@H](C)[C@@H](OC(=O)[C@@H]1[C@H]2C(=O)N([C@@H](CO)CC(C)C)[C@H](C(=O)N(CC=C)C3CCCCC3)[C@]23CC[C@H]1O3)c1ccccc1. The Bertz CT molecular complexity index is 1360. The van der Waals surface area contributed by atoms with Gasteiger partial charge in [0.25, 0.3) is 0 Å². The summed E-state index contributed by atoms with van der Waals surface area (Å²) in [6, 6.07) is 7.13. The van der Waals surface area contributed by atoms with Crippen LogP contribution in [0.3, 0.4) is 0 Å². The van der Waals surface area contributed by atoms with Gasteiger partial charge in [0, 0.05) is 19.0 Å². The number of fused-ring (bicyclic) bond motifs is 1. The van der Waals surface area contributed by atoms with Crippen LogP contribution < -0.4 is 5.32 Å². The molecular formula is C39H55N3O7. The molecule has 2 N–H and O–H groups in total. The monoisotopic (exact) mass is 677 g/mol. The van der Waals surface area contributed by atoms with Crippen LogP contribution in [-0.2, 0) is 28.7 Å². The van der Waals surface area contributed by atoms with Crippen LogP contribution in [0.25, 0.3) is 0 Å². The molecule has 10 heteroatoms. The number of carbonyl (C=O) groups is 4. The molecule has 4 aliphatic rings. The number of aliphatic hydroxyl groups excluding tert-OH is 1. The van der Waals surface area contributed by atoms with Crippen molar-refractivity contribution in [2.75, 3.05) is 13.2 Å². The van der Waals surface area contributed by atoms with Crippen LogP contribution in [0.15, 0.2) is 55.6 Å². The minimum Gasteiger partial charge on any atom is -0.455 e. The summed E-state index contributed by atoms with van der Waals surface area (Å²) >= 11 is 0. The van der Waals surface area contributed by atoms with Crippen LogP contribution in [0.2, 0.25) is 0 Å². The standard InChI is InChI=1S/C39H55N3O7/c1-6-8-19-31(44)40-26(5)34(27-15-11-9-12-16-27)48-38(47)32-30-20-21-39(49-30)33(32)36(45)42(29(24-43)23-25(3)4)35(39)37(46)41(22-7-2)28-17-13-10-14-18-28/h6-7,9,11-12,15-16,25-26,28-30,32-35,43H,1-2,8,10,13-14,17-24H2,3-5H3,(H,40,44)/t26-,29-,30-,32+,33+,34-,35-,39+/m1/s1. The molecule has 3 saturated heterocycles. The molecule has 0 unspecified atom stereocenters. The van der Waals surface area contributed by atoms with Crippen molar-refractivity contribution in [1.82, 2.24) is 15.1 Å². The van der Waals surface area contributed by atoms with Gasteiger partial charge in [-0.2, -0.15) is 0 Å². The maximum atomic E-state index is 14.9. The number of likely N-dealkylation sites (tertiary alicyclic amines) is 1. The molecule has 1 aliphatic carbocycles. The van der Waals surface area contributed by atoms with E-state index in [9.17, 15) is 24.3 Å². The highest BCUT2D eigenvalue weighted by Gasteiger charge is 2.76. The van der Waals surface area contributed by atoms with E-state index in [0.717, 1.165) is 32.1 Å². The molecule has 1 aromatic rings.